The van der Waals surface area contributed by atoms with Gasteiger partial charge in [-0.05, 0) is 17.0 Å². The average molecular weight is 250 g/mol. The highest BCUT2D eigenvalue weighted by Crippen LogP contribution is 2.21. The fourth-order valence-corrected chi connectivity index (χ4v) is 1.90. The van der Waals surface area contributed by atoms with Crippen molar-refractivity contribution in [1.29, 1.82) is 0 Å². The van der Waals surface area contributed by atoms with Crippen molar-refractivity contribution in [3.63, 3.8) is 0 Å². The molecule has 4 heteroatoms. The van der Waals surface area contributed by atoms with E-state index in [1.807, 2.05) is 24.4 Å². The molecule has 1 N–H and O–H groups in total. The van der Waals surface area contributed by atoms with Crippen LogP contribution >= 0.6 is 0 Å². The molecule has 0 saturated heterocycles. The fourth-order valence-electron chi connectivity index (χ4n) is 1.90. The first-order chi connectivity index (χ1) is 9.36. The van der Waals surface area contributed by atoms with Crippen molar-refractivity contribution in [3.05, 3.63) is 59.4 Å². The Hall–Kier alpha value is -2.80. The Balaban J connectivity index is 1.92. The molecule has 19 heavy (non-hydrogen) atoms. The summed E-state index contributed by atoms with van der Waals surface area (Å²) in [7, 11) is 0. The van der Waals surface area contributed by atoms with Crippen LogP contribution in [-0.2, 0) is 6.54 Å². The van der Waals surface area contributed by atoms with E-state index in [2.05, 4.69) is 28.2 Å². The molecule has 0 fully saturated rings. The second kappa shape index (κ2) is 4.83. The van der Waals surface area contributed by atoms with Crippen LogP contribution in [0.25, 0.3) is 5.57 Å². The molecule has 1 aliphatic heterocycles. The average Bonchev–Trinajstić information content (AvgIpc) is 2.93. The topological polar surface area (TPSA) is 55.1 Å². The number of hydrogen-bond donors (Lipinski definition) is 1. The summed E-state index contributed by atoms with van der Waals surface area (Å²) in [6, 6.07) is 8.08. The fraction of sp³-hybridized carbons (Fsp3) is 0.0667. The molecule has 0 bridgehead atoms. The highest BCUT2D eigenvalue weighted by Gasteiger charge is 2.09. The van der Waals surface area contributed by atoms with Gasteiger partial charge in [-0.3, -0.25) is 4.79 Å². The third-order valence-corrected chi connectivity index (χ3v) is 2.79. The van der Waals surface area contributed by atoms with Crippen LogP contribution in [0.3, 0.4) is 0 Å². The molecular formula is C15H10N2O2. The van der Waals surface area contributed by atoms with E-state index in [0.29, 0.717) is 6.29 Å². The summed E-state index contributed by atoms with van der Waals surface area (Å²) < 4.78 is 5.11. The van der Waals surface area contributed by atoms with E-state index < -0.39 is 0 Å². The maximum absolute atomic E-state index is 10.5. The Kier molecular flexibility index (Phi) is 2.87. The zero-order valence-corrected chi connectivity index (χ0v) is 10.0. The van der Waals surface area contributed by atoms with Crippen LogP contribution in [0.5, 0.6) is 0 Å². The molecule has 0 saturated carbocycles. The van der Waals surface area contributed by atoms with Gasteiger partial charge in [0.05, 0.1) is 6.20 Å². The van der Waals surface area contributed by atoms with Gasteiger partial charge in [0.1, 0.15) is 0 Å². The van der Waals surface area contributed by atoms with E-state index in [1.165, 1.54) is 11.8 Å². The summed E-state index contributed by atoms with van der Waals surface area (Å²) in [6.45, 7) is 0.801. The number of aromatic nitrogens is 1. The van der Waals surface area contributed by atoms with Crippen LogP contribution in [0, 0.1) is 11.8 Å². The lowest BCUT2D eigenvalue weighted by Crippen LogP contribution is -2.12. The first kappa shape index (κ1) is 11.3. The summed E-state index contributed by atoms with van der Waals surface area (Å²) in [5, 5.41) is 3.17. The van der Waals surface area contributed by atoms with Gasteiger partial charge in [-0.1, -0.05) is 30.2 Å². The van der Waals surface area contributed by atoms with E-state index in [1.54, 1.807) is 0 Å². The van der Waals surface area contributed by atoms with Crippen LogP contribution in [-0.4, -0.2) is 11.3 Å². The largest absolute Gasteiger partial charge is 0.427 e. The van der Waals surface area contributed by atoms with Crippen molar-refractivity contribution >= 4 is 11.9 Å². The normalized spacial score (nSPS) is 12.5. The monoisotopic (exact) mass is 250 g/mol. The molecule has 1 aromatic heterocycles. The number of hydrogen-bond acceptors (Lipinski definition) is 4. The summed E-state index contributed by atoms with van der Waals surface area (Å²) >= 11 is 0. The lowest BCUT2D eigenvalue weighted by Gasteiger charge is -2.14. The number of nitrogens with zero attached hydrogens (tertiary/aromatic N) is 1. The third kappa shape index (κ3) is 2.26. The van der Waals surface area contributed by atoms with E-state index in [0.717, 1.165) is 17.7 Å². The molecular weight excluding hydrogens is 240 g/mol. The number of oxazole rings is 1. The smallest absolute Gasteiger partial charge is 0.274 e. The number of carbonyl (C=O) groups excluding carboxylic acids is 1. The highest BCUT2D eigenvalue weighted by atomic mass is 16.4. The highest BCUT2D eigenvalue weighted by molar-refractivity contribution is 5.81. The van der Waals surface area contributed by atoms with Crippen LogP contribution in [0.15, 0.2) is 41.1 Å². The summed E-state index contributed by atoms with van der Waals surface area (Å²) in [6.07, 6.45) is 3.84. The lowest BCUT2D eigenvalue weighted by molar-refractivity contribution is 0.110. The Bertz CT molecular complexity index is 717. The van der Waals surface area contributed by atoms with Gasteiger partial charge in [0.25, 0.3) is 5.89 Å². The van der Waals surface area contributed by atoms with Gasteiger partial charge in [-0.25, -0.2) is 4.98 Å². The number of rotatable bonds is 1. The first-order valence-corrected chi connectivity index (χ1v) is 5.81. The molecule has 0 amide bonds. The van der Waals surface area contributed by atoms with E-state index in [-0.39, 0.29) is 11.7 Å². The van der Waals surface area contributed by atoms with Gasteiger partial charge < -0.3 is 9.73 Å². The van der Waals surface area contributed by atoms with E-state index in [9.17, 15) is 4.79 Å². The van der Waals surface area contributed by atoms with Gasteiger partial charge in [0.15, 0.2) is 12.0 Å². The van der Waals surface area contributed by atoms with Crippen molar-refractivity contribution in [1.82, 2.24) is 10.3 Å². The molecule has 0 unspecified atom stereocenters. The summed E-state index contributed by atoms with van der Waals surface area (Å²) in [5.41, 5.74) is 3.19. The third-order valence-electron chi connectivity index (χ3n) is 2.79. The van der Waals surface area contributed by atoms with Crippen LogP contribution < -0.4 is 5.32 Å². The molecule has 0 spiro atoms. The molecule has 0 atom stereocenters. The minimum atomic E-state index is 0.181. The number of allylic oxidation sites excluding steroid dienone is 1. The van der Waals surface area contributed by atoms with Crippen LogP contribution in [0.2, 0.25) is 0 Å². The quantitative estimate of drug-likeness (QED) is 0.621. The van der Waals surface area contributed by atoms with Crippen molar-refractivity contribution in [3.8, 4) is 11.8 Å². The minimum Gasteiger partial charge on any atom is -0.427 e. The second-order valence-corrected chi connectivity index (χ2v) is 4.03. The predicted molar refractivity (Wildman–Crippen MR) is 70.0 cm³/mol. The standard InChI is InChI=1S/C15H10N2O2/c18-10-13-9-17-15(19-13)6-5-12-8-16-7-11-3-1-2-4-14(11)12/h1-4,8-10,16H,7H2. The van der Waals surface area contributed by atoms with E-state index in [4.69, 9.17) is 4.42 Å². The predicted octanol–water partition coefficient (Wildman–Crippen LogP) is 1.98. The van der Waals surface area contributed by atoms with Gasteiger partial charge in [0, 0.05) is 18.3 Å². The summed E-state index contributed by atoms with van der Waals surface area (Å²) in [5.74, 6) is 6.25. The van der Waals surface area contributed by atoms with Gasteiger partial charge in [-0.15, -0.1) is 0 Å². The van der Waals surface area contributed by atoms with Gasteiger partial charge in [0.2, 0.25) is 0 Å². The van der Waals surface area contributed by atoms with Crippen molar-refractivity contribution in [2.75, 3.05) is 0 Å². The first-order valence-electron chi connectivity index (χ1n) is 5.81. The Morgan fingerprint density at radius 2 is 2.21 bits per heavy atom. The molecule has 0 aliphatic carbocycles. The van der Waals surface area contributed by atoms with Gasteiger partial charge >= 0.3 is 0 Å². The van der Waals surface area contributed by atoms with Crippen molar-refractivity contribution in [2.24, 2.45) is 0 Å². The molecule has 92 valence electrons. The Morgan fingerprint density at radius 3 is 3.05 bits per heavy atom. The SMILES string of the molecule is O=Cc1cnc(C#CC2=CNCc3ccccc32)o1. The molecule has 4 nitrogen and oxygen atoms in total. The van der Waals surface area contributed by atoms with Gasteiger partial charge in [-0.2, -0.15) is 0 Å². The molecule has 2 aromatic rings. The number of benzene rings is 1. The van der Waals surface area contributed by atoms with E-state index >= 15 is 0 Å². The Morgan fingerprint density at radius 1 is 1.32 bits per heavy atom. The lowest BCUT2D eigenvalue weighted by atomic mass is 9.98. The zero-order chi connectivity index (χ0) is 13.1. The van der Waals surface area contributed by atoms with Crippen molar-refractivity contribution < 1.29 is 9.21 Å². The molecule has 3 rings (SSSR count). The van der Waals surface area contributed by atoms with Crippen LogP contribution in [0.4, 0.5) is 0 Å². The molecule has 1 aliphatic rings. The Labute approximate surface area is 110 Å². The number of aldehydes is 1. The number of carbonyl (C=O) groups is 1. The maximum atomic E-state index is 10.5. The van der Waals surface area contributed by atoms with Crippen LogP contribution in [0.1, 0.15) is 27.6 Å². The second-order valence-electron chi connectivity index (χ2n) is 4.03. The number of fused-ring (bicyclic) bond motifs is 1. The molecule has 0 radical (unpaired) electrons. The maximum Gasteiger partial charge on any atom is 0.274 e. The number of nitrogens with one attached hydrogen (secondary N) is 1. The zero-order valence-electron chi connectivity index (χ0n) is 10.0. The summed E-state index contributed by atoms with van der Waals surface area (Å²) in [4.78, 5) is 14.4. The van der Waals surface area contributed by atoms with Crippen molar-refractivity contribution in [2.45, 2.75) is 6.54 Å². The molecule has 1 aromatic carbocycles. The molecule has 2 heterocycles. The minimum absolute atomic E-state index is 0.181.